The summed E-state index contributed by atoms with van der Waals surface area (Å²) in [5.74, 6) is 0.989. The van der Waals surface area contributed by atoms with E-state index in [0.29, 0.717) is 6.54 Å². The Labute approximate surface area is 166 Å². The van der Waals surface area contributed by atoms with Gasteiger partial charge in [0.15, 0.2) is 6.73 Å². The van der Waals surface area contributed by atoms with Gasteiger partial charge in [-0.15, -0.1) is 0 Å². The van der Waals surface area contributed by atoms with Crippen molar-refractivity contribution in [2.45, 2.75) is 40.0 Å². The molecule has 0 fully saturated rings. The number of aromatic nitrogens is 2. The second-order valence-electron chi connectivity index (χ2n) is 7.15. The van der Waals surface area contributed by atoms with Crippen molar-refractivity contribution < 1.29 is 9.53 Å². The summed E-state index contributed by atoms with van der Waals surface area (Å²) < 4.78 is 7.40. The minimum atomic E-state index is -0.358. The molecule has 1 atom stereocenters. The van der Waals surface area contributed by atoms with Gasteiger partial charge in [0.25, 0.3) is 0 Å². The zero-order valence-corrected chi connectivity index (χ0v) is 16.9. The van der Waals surface area contributed by atoms with Gasteiger partial charge in [0, 0.05) is 31.9 Å². The number of rotatable bonds is 6. The van der Waals surface area contributed by atoms with E-state index in [9.17, 15) is 4.79 Å². The van der Waals surface area contributed by atoms with E-state index in [1.54, 1.807) is 18.1 Å². The fourth-order valence-electron chi connectivity index (χ4n) is 3.35. The van der Waals surface area contributed by atoms with Gasteiger partial charge in [0.1, 0.15) is 5.82 Å². The molecular weight excluding hydrogens is 350 g/mol. The molecule has 1 heterocycles. The predicted molar refractivity (Wildman–Crippen MR) is 110 cm³/mol. The van der Waals surface area contributed by atoms with Crippen LogP contribution >= 0.6 is 0 Å². The molecule has 0 saturated heterocycles. The van der Waals surface area contributed by atoms with Crippen molar-refractivity contribution in [2.75, 3.05) is 7.05 Å². The fraction of sp³-hybridized carbons (Fsp3) is 0.304. The van der Waals surface area contributed by atoms with Crippen LogP contribution in [0.4, 0.5) is 4.79 Å². The maximum absolute atomic E-state index is 12.4. The largest absolute Gasteiger partial charge is 0.428 e. The van der Waals surface area contributed by atoms with Crippen LogP contribution in [0.5, 0.6) is 0 Å². The molecule has 0 saturated carbocycles. The SMILES string of the molecule is Cc1cccc(C(C)c2nccn2COC(=O)N(C)Cc2ccccc2)c1C. The van der Waals surface area contributed by atoms with Crippen LogP contribution < -0.4 is 0 Å². The van der Waals surface area contributed by atoms with E-state index in [4.69, 9.17) is 4.74 Å². The van der Waals surface area contributed by atoms with Crippen LogP contribution in [0, 0.1) is 13.8 Å². The molecule has 1 amide bonds. The highest BCUT2D eigenvalue weighted by molar-refractivity contribution is 5.67. The lowest BCUT2D eigenvalue weighted by atomic mass is 9.93. The van der Waals surface area contributed by atoms with E-state index in [-0.39, 0.29) is 18.7 Å². The number of amides is 1. The molecule has 0 aliphatic rings. The van der Waals surface area contributed by atoms with E-state index in [1.807, 2.05) is 41.1 Å². The molecule has 3 rings (SSSR count). The molecule has 0 aliphatic heterocycles. The van der Waals surface area contributed by atoms with Crippen LogP contribution in [0.25, 0.3) is 0 Å². The van der Waals surface area contributed by atoms with Crippen molar-refractivity contribution in [2.24, 2.45) is 0 Å². The van der Waals surface area contributed by atoms with Crippen molar-refractivity contribution in [3.63, 3.8) is 0 Å². The number of carbonyl (C=O) groups excluding carboxylic acids is 1. The Balaban J connectivity index is 1.65. The van der Waals surface area contributed by atoms with Crippen LogP contribution in [0.3, 0.4) is 0 Å². The van der Waals surface area contributed by atoms with E-state index >= 15 is 0 Å². The van der Waals surface area contributed by atoms with Gasteiger partial charge in [-0.05, 0) is 36.1 Å². The summed E-state index contributed by atoms with van der Waals surface area (Å²) in [4.78, 5) is 18.4. The van der Waals surface area contributed by atoms with Crippen molar-refractivity contribution in [1.82, 2.24) is 14.5 Å². The van der Waals surface area contributed by atoms with Gasteiger partial charge in [-0.1, -0.05) is 55.5 Å². The van der Waals surface area contributed by atoms with Gasteiger partial charge >= 0.3 is 6.09 Å². The smallest absolute Gasteiger partial charge is 0.411 e. The summed E-state index contributed by atoms with van der Waals surface area (Å²) in [5.41, 5.74) is 4.83. The Kier molecular flexibility index (Phi) is 6.14. The van der Waals surface area contributed by atoms with E-state index in [1.165, 1.54) is 16.7 Å². The number of benzene rings is 2. The third-order valence-corrected chi connectivity index (χ3v) is 5.15. The zero-order valence-electron chi connectivity index (χ0n) is 16.9. The summed E-state index contributed by atoms with van der Waals surface area (Å²) >= 11 is 0. The van der Waals surface area contributed by atoms with E-state index in [0.717, 1.165) is 11.4 Å². The molecule has 0 N–H and O–H groups in total. The fourth-order valence-corrected chi connectivity index (χ4v) is 3.35. The number of hydrogen-bond acceptors (Lipinski definition) is 3. The predicted octanol–water partition coefficient (Wildman–Crippen LogP) is 4.88. The molecular formula is C23H27N3O2. The van der Waals surface area contributed by atoms with Crippen molar-refractivity contribution in [1.29, 1.82) is 0 Å². The van der Waals surface area contributed by atoms with E-state index in [2.05, 4.69) is 44.0 Å². The van der Waals surface area contributed by atoms with Crippen molar-refractivity contribution in [3.8, 4) is 0 Å². The molecule has 5 heteroatoms. The summed E-state index contributed by atoms with van der Waals surface area (Å²) in [5, 5.41) is 0. The summed E-state index contributed by atoms with van der Waals surface area (Å²) in [6.07, 6.45) is 3.24. The summed E-state index contributed by atoms with van der Waals surface area (Å²) in [6.45, 7) is 7.02. The third-order valence-electron chi connectivity index (χ3n) is 5.15. The zero-order chi connectivity index (χ0) is 20.1. The van der Waals surface area contributed by atoms with Crippen LogP contribution in [0.15, 0.2) is 60.9 Å². The average Bonchev–Trinajstić information content (AvgIpc) is 3.17. The highest BCUT2D eigenvalue weighted by atomic mass is 16.6. The van der Waals surface area contributed by atoms with Crippen molar-refractivity contribution in [3.05, 3.63) is 89.0 Å². The van der Waals surface area contributed by atoms with Gasteiger partial charge in [0.2, 0.25) is 0 Å². The summed E-state index contributed by atoms with van der Waals surface area (Å²) in [6, 6.07) is 16.2. The molecule has 0 bridgehead atoms. The second kappa shape index (κ2) is 8.74. The van der Waals surface area contributed by atoms with Gasteiger partial charge in [-0.25, -0.2) is 9.78 Å². The maximum atomic E-state index is 12.4. The van der Waals surface area contributed by atoms with Gasteiger partial charge in [-0.2, -0.15) is 0 Å². The van der Waals surface area contributed by atoms with Crippen LogP contribution in [-0.4, -0.2) is 27.6 Å². The number of ether oxygens (including phenoxy) is 1. The number of aryl methyl sites for hydroxylation is 1. The first kappa shape index (κ1) is 19.7. The number of carbonyl (C=O) groups is 1. The molecule has 0 aliphatic carbocycles. The topological polar surface area (TPSA) is 47.4 Å². The average molecular weight is 377 g/mol. The van der Waals surface area contributed by atoms with E-state index < -0.39 is 0 Å². The normalized spacial score (nSPS) is 11.9. The van der Waals surface area contributed by atoms with Crippen LogP contribution in [0.1, 0.15) is 40.9 Å². The van der Waals surface area contributed by atoms with Gasteiger partial charge < -0.3 is 14.2 Å². The molecule has 2 aromatic carbocycles. The molecule has 3 aromatic rings. The molecule has 1 unspecified atom stereocenters. The minimum absolute atomic E-state index is 0.107. The quantitative estimate of drug-likeness (QED) is 0.615. The molecule has 146 valence electrons. The maximum Gasteiger partial charge on any atom is 0.411 e. The Morgan fingerprint density at radius 2 is 1.89 bits per heavy atom. The Morgan fingerprint density at radius 1 is 1.14 bits per heavy atom. The lowest BCUT2D eigenvalue weighted by molar-refractivity contribution is 0.0797. The lowest BCUT2D eigenvalue weighted by Crippen LogP contribution is -2.28. The molecule has 0 radical (unpaired) electrons. The third kappa shape index (κ3) is 4.42. The number of nitrogens with zero attached hydrogens (tertiary/aromatic N) is 3. The number of imidazole rings is 1. The first-order valence-electron chi connectivity index (χ1n) is 9.46. The van der Waals surface area contributed by atoms with Crippen LogP contribution in [0.2, 0.25) is 0 Å². The lowest BCUT2D eigenvalue weighted by Gasteiger charge is -2.20. The molecule has 5 nitrogen and oxygen atoms in total. The standard InChI is InChI=1S/C23H27N3O2/c1-17-9-8-12-21(18(17)2)19(3)22-24-13-14-26(22)16-28-23(27)25(4)15-20-10-6-5-7-11-20/h5-14,19H,15-16H2,1-4H3. The van der Waals surface area contributed by atoms with Crippen LogP contribution in [-0.2, 0) is 18.0 Å². The Hall–Kier alpha value is -3.08. The van der Waals surface area contributed by atoms with Gasteiger partial charge in [-0.3, -0.25) is 0 Å². The monoisotopic (exact) mass is 377 g/mol. The first-order chi connectivity index (χ1) is 13.5. The van der Waals surface area contributed by atoms with Gasteiger partial charge in [0.05, 0.1) is 0 Å². The summed E-state index contributed by atoms with van der Waals surface area (Å²) in [7, 11) is 1.74. The van der Waals surface area contributed by atoms with Crippen molar-refractivity contribution >= 4 is 6.09 Å². The first-order valence-corrected chi connectivity index (χ1v) is 9.46. The minimum Gasteiger partial charge on any atom is -0.428 e. The highest BCUT2D eigenvalue weighted by Gasteiger charge is 2.18. The molecule has 0 spiro atoms. The molecule has 1 aromatic heterocycles. The second-order valence-corrected chi connectivity index (χ2v) is 7.15. The number of hydrogen-bond donors (Lipinski definition) is 0. The Bertz CT molecular complexity index is 934. The molecule has 28 heavy (non-hydrogen) atoms. The Morgan fingerprint density at radius 3 is 2.64 bits per heavy atom. The highest BCUT2D eigenvalue weighted by Crippen LogP contribution is 2.27.